The molecule has 0 saturated heterocycles. The third kappa shape index (κ3) is 4.36. The molecular formula is C24H21N3OS. The number of aryl methyl sites for hydroxylation is 1. The summed E-state index contributed by atoms with van der Waals surface area (Å²) in [5, 5.41) is 8.84. The fourth-order valence-electron chi connectivity index (χ4n) is 3.02. The third-order valence-electron chi connectivity index (χ3n) is 4.82. The Bertz CT molecular complexity index is 1130. The Kier molecular flexibility index (Phi) is 5.40. The minimum absolute atomic E-state index is 0.258. The molecule has 0 aliphatic heterocycles. The highest BCUT2D eigenvalue weighted by atomic mass is 32.1. The highest BCUT2D eigenvalue weighted by Crippen LogP contribution is 2.29. The topological polar surface area (TPSA) is 54.0 Å². The summed E-state index contributed by atoms with van der Waals surface area (Å²) in [6, 6.07) is 23.5. The van der Waals surface area contributed by atoms with Crippen molar-refractivity contribution in [2.24, 2.45) is 0 Å². The van der Waals surface area contributed by atoms with Crippen molar-refractivity contribution in [3.05, 3.63) is 89.3 Å². The van der Waals surface area contributed by atoms with Gasteiger partial charge in [-0.3, -0.25) is 0 Å². The number of amides is 2. The van der Waals surface area contributed by atoms with Gasteiger partial charge in [-0.25, -0.2) is 9.78 Å². The Labute approximate surface area is 174 Å². The van der Waals surface area contributed by atoms with E-state index in [1.54, 1.807) is 11.3 Å². The maximum absolute atomic E-state index is 12.3. The SMILES string of the molecule is Cc1cccc(NC(=O)Nc2ccc(-c3csc(-c4ccccc4)n3)cc2)c1C. The van der Waals surface area contributed by atoms with Crippen molar-refractivity contribution in [3.8, 4) is 21.8 Å². The summed E-state index contributed by atoms with van der Waals surface area (Å²) >= 11 is 1.63. The van der Waals surface area contributed by atoms with E-state index in [0.29, 0.717) is 0 Å². The average molecular weight is 400 g/mol. The number of hydrogen-bond acceptors (Lipinski definition) is 3. The number of urea groups is 1. The normalized spacial score (nSPS) is 10.6. The van der Waals surface area contributed by atoms with Crippen LogP contribution in [-0.4, -0.2) is 11.0 Å². The molecule has 1 heterocycles. The first-order valence-corrected chi connectivity index (χ1v) is 10.2. The van der Waals surface area contributed by atoms with Crippen molar-refractivity contribution in [1.29, 1.82) is 0 Å². The highest BCUT2D eigenvalue weighted by molar-refractivity contribution is 7.13. The van der Waals surface area contributed by atoms with E-state index in [1.165, 1.54) is 0 Å². The lowest BCUT2D eigenvalue weighted by molar-refractivity contribution is 0.262. The Balaban J connectivity index is 1.44. The van der Waals surface area contributed by atoms with E-state index in [0.717, 1.165) is 44.3 Å². The van der Waals surface area contributed by atoms with Gasteiger partial charge in [0, 0.05) is 27.9 Å². The van der Waals surface area contributed by atoms with Gasteiger partial charge in [0.2, 0.25) is 0 Å². The Morgan fingerprint density at radius 3 is 2.34 bits per heavy atom. The summed E-state index contributed by atoms with van der Waals surface area (Å²) in [6.07, 6.45) is 0. The number of benzene rings is 3. The minimum atomic E-state index is -0.258. The summed E-state index contributed by atoms with van der Waals surface area (Å²) in [6.45, 7) is 4.02. The first kappa shape index (κ1) is 18.9. The molecule has 0 spiro atoms. The molecule has 144 valence electrons. The number of nitrogens with zero attached hydrogens (tertiary/aromatic N) is 1. The molecule has 29 heavy (non-hydrogen) atoms. The lowest BCUT2D eigenvalue weighted by Gasteiger charge is -2.11. The minimum Gasteiger partial charge on any atom is -0.308 e. The second-order valence-corrected chi connectivity index (χ2v) is 7.67. The molecule has 0 radical (unpaired) electrons. The number of carbonyl (C=O) groups excluding carboxylic acids is 1. The number of rotatable bonds is 4. The van der Waals surface area contributed by atoms with Gasteiger partial charge in [-0.15, -0.1) is 11.3 Å². The van der Waals surface area contributed by atoms with Crippen molar-refractivity contribution in [2.75, 3.05) is 10.6 Å². The van der Waals surface area contributed by atoms with Crippen LogP contribution in [0.2, 0.25) is 0 Å². The number of hydrogen-bond donors (Lipinski definition) is 2. The quantitative estimate of drug-likeness (QED) is 0.399. The lowest BCUT2D eigenvalue weighted by atomic mass is 10.1. The van der Waals surface area contributed by atoms with Crippen LogP contribution in [0.1, 0.15) is 11.1 Å². The molecule has 2 N–H and O–H groups in total. The average Bonchev–Trinajstić information content (AvgIpc) is 3.23. The van der Waals surface area contributed by atoms with Crippen LogP contribution >= 0.6 is 11.3 Å². The Hall–Kier alpha value is -3.44. The van der Waals surface area contributed by atoms with Crippen LogP contribution < -0.4 is 10.6 Å². The molecule has 0 saturated carbocycles. The van der Waals surface area contributed by atoms with Crippen LogP contribution in [0.25, 0.3) is 21.8 Å². The van der Waals surface area contributed by atoms with Crippen LogP contribution in [0.5, 0.6) is 0 Å². The molecule has 0 atom stereocenters. The third-order valence-corrected chi connectivity index (χ3v) is 5.71. The molecule has 4 nitrogen and oxygen atoms in total. The highest BCUT2D eigenvalue weighted by Gasteiger charge is 2.08. The van der Waals surface area contributed by atoms with Crippen molar-refractivity contribution >= 4 is 28.7 Å². The van der Waals surface area contributed by atoms with E-state index in [9.17, 15) is 4.79 Å². The molecule has 0 bridgehead atoms. The van der Waals surface area contributed by atoms with Crippen LogP contribution in [0, 0.1) is 13.8 Å². The largest absolute Gasteiger partial charge is 0.323 e. The van der Waals surface area contributed by atoms with Gasteiger partial charge in [-0.05, 0) is 43.2 Å². The Morgan fingerprint density at radius 1 is 0.828 bits per heavy atom. The second-order valence-electron chi connectivity index (χ2n) is 6.81. The van der Waals surface area contributed by atoms with Crippen molar-refractivity contribution in [3.63, 3.8) is 0 Å². The fourth-order valence-corrected chi connectivity index (χ4v) is 3.85. The zero-order chi connectivity index (χ0) is 20.2. The van der Waals surface area contributed by atoms with Gasteiger partial charge in [0.25, 0.3) is 0 Å². The van der Waals surface area contributed by atoms with Gasteiger partial charge in [-0.2, -0.15) is 0 Å². The predicted molar refractivity (Wildman–Crippen MR) is 122 cm³/mol. The molecule has 1 aromatic heterocycles. The van der Waals surface area contributed by atoms with E-state index in [2.05, 4.69) is 28.1 Å². The first-order chi connectivity index (χ1) is 14.1. The molecule has 0 fully saturated rings. The number of nitrogens with one attached hydrogen (secondary N) is 2. The van der Waals surface area contributed by atoms with E-state index < -0.39 is 0 Å². The fraction of sp³-hybridized carbons (Fsp3) is 0.0833. The molecule has 5 heteroatoms. The molecular weight excluding hydrogens is 378 g/mol. The summed E-state index contributed by atoms with van der Waals surface area (Å²) in [7, 11) is 0. The molecule has 0 unspecified atom stereocenters. The number of aromatic nitrogens is 1. The summed E-state index contributed by atoms with van der Waals surface area (Å²) in [5.74, 6) is 0. The van der Waals surface area contributed by atoms with Crippen molar-refractivity contribution in [2.45, 2.75) is 13.8 Å². The second kappa shape index (κ2) is 8.29. The predicted octanol–water partition coefficient (Wildman–Crippen LogP) is 6.74. The standard InChI is InChI=1S/C24H21N3OS/c1-16-7-6-10-21(17(16)2)27-24(28)25-20-13-11-18(12-14-20)22-15-29-23(26-22)19-8-4-3-5-9-19/h3-15H,1-2H3,(H2,25,27,28). The lowest BCUT2D eigenvalue weighted by Crippen LogP contribution is -2.20. The van der Waals surface area contributed by atoms with Crippen LogP contribution in [0.4, 0.5) is 16.2 Å². The van der Waals surface area contributed by atoms with Gasteiger partial charge < -0.3 is 10.6 Å². The maximum Gasteiger partial charge on any atom is 0.323 e. The molecule has 3 aromatic carbocycles. The van der Waals surface area contributed by atoms with Gasteiger partial charge >= 0.3 is 6.03 Å². The van der Waals surface area contributed by atoms with Crippen molar-refractivity contribution < 1.29 is 4.79 Å². The maximum atomic E-state index is 12.3. The van der Waals surface area contributed by atoms with Gasteiger partial charge in [0.15, 0.2) is 0 Å². The van der Waals surface area contributed by atoms with E-state index >= 15 is 0 Å². The number of anilines is 2. The van der Waals surface area contributed by atoms with Gasteiger partial charge in [0.1, 0.15) is 5.01 Å². The van der Waals surface area contributed by atoms with E-state index in [-0.39, 0.29) is 6.03 Å². The van der Waals surface area contributed by atoms with Crippen LogP contribution in [0.3, 0.4) is 0 Å². The van der Waals surface area contributed by atoms with E-state index in [1.807, 2.05) is 74.5 Å². The van der Waals surface area contributed by atoms with Gasteiger partial charge in [-0.1, -0.05) is 54.6 Å². The number of thiazole rings is 1. The summed E-state index contributed by atoms with van der Waals surface area (Å²) in [4.78, 5) is 17.1. The molecule has 0 aliphatic rings. The molecule has 2 amide bonds. The Morgan fingerprint density at radius 2 is 1.59 bits per heavy atom. The zero-order valence-corrected chi connectivity index (χ0v) is 17.1. The smallest absolute Gasteiger partial charge is 0.308 e. The number of carbonyl (C=O) groups is 1. The van der Waals surface area contributed by atoms with Crippen molar-refractivity contribution in [1.82, 2.24) is 4.98 Å². The zero-order valence-electron chi connectivity index (χ0n) is 16.3. The molecule has 0 aliphatic carbocycles. The van der Waals surface area contributed by atoms with Crippen LogP contribution in [-0.2, 0) is 0 Å². The summed E-state index contributed by atoms with van der Waals surface area (Å²) < 4.78 is 0. The summed E-state index contributed by atoms with van der Waals surface area (Å²) in [5.41, 5.74) is 6.82. The molecule has 4 rings (SSSR count). The monoisotopic (exact) mass is 399 g/mol. The first-order valence-electron chi connectivity index (χ1n) is 9.36. The van der Waals surface area contributed by atoms with Gasteiger partial charge in [0.05, 0.1) is 5.69 Å². The van der Waals surface area contributed by atoms with E-state index in [4.69, 9.17) is 4.98 Å². The molecule has 4 aromatic rings. The van der Waals surface area contributed by atoms with Crippen LogP contribution in [0.15, 0.2) is 78.2 Å².